The fourth-order valence-electron chi connectivity index (χ4n) is 3.16. The van der Waals surface area contributed by atoms with Crippen molar-refractivity contribution in [2.75, 3.05) is 0 Å². The van der Waals surface area contributed by atoms with Gasteiger partial charge in [-0.2, -0.15) is 0 Å². The monoisotopic (exact) mass is 320 g/mol. The number of hydrogen-bond acceptors (Lipinski definition) is 2. The molecule has 2 N–H and O–H groups in total. The largest absolute Gasteiger partial charge is 0.508 e. The van der Waals surface area contributed by atoms with Crippen LogP contribution >= 0.6 is 0 Å². The average molecular weight is 320 g/mol. The number of benzene rings is 2. The highest BCUT2D eigenvalue weighted by Gasteiger charge is 2.14. The predicted octanol–water partition coefficient (Wildman–Crippen LogP) is 5.87. The Morgan fingerprint density at radius 3 is 2.04 bits per heavy atom. The molecule has 1 aliphatic rings. The van der Waals surface area contributed by atoms with Crippen LogP contribution in [-0.4, -0.2) is 10.2 Å². The lowest BCUT2D eigenvalue weighted by Gasteiger charge is -2.18. The van der Waals surface area contributed by atoms with E-state index >= 15 is 0 Å². The van der Waals surface area contributed by atoms with Crippen LogP contribution in [0.5, 0.6) is 11.5 Å². The van der Waals surface area contributed by atoms with Gasteiger partial charge in [0.1, 0.15) is 11.5 Å². The van der Waals surface area contributed by atoms with Gasteiger partial charge in [0, 0.05) is 0 Å². The summed E-state index contributed by atoms with van der Waals surface area (Å²) in [5, 5.41) is 19.5. The molecule has 1 unspecified atom stereocenters. The lowest BCUT2D eigenvalue weighted by atomic mass is 9.88. The Morgan fingerprint density at radius 1 is 0.875 bits per heavy atom. The molecule has 24 heavy (non-hydrogen) atoms. The summed E-state index contributed by atoms with van der Waals surface area (Å²) in [7, 11) is 0. The summed E-state index contributed by atoms with van der Waals surface area (Å²) < 4.78 is 0. The van der Waals surface area contributed by atoms with Crippen LogP contribution in [-0.2, 0) is 0 Å². The Labute approximate surface area is 143 Å². The number of hydrogen-bond donors (Lipinski definition) is 2. The van der Waals surface area contributed by atoms with Crippen LogP contribution in [0.2, 0.25) is 0 Å². The molecule has 0 amide bonds. The summed E-state index contributed by atoms with van der Waals surface area (Å²) in [5.74, 6) is 1.05. The maximum atomic E-state index is 10.1. The zero-order valence-electron chi connectivity index (χ0n) is 14.3. The van der Waals surface area contributed by atoms with Gasteiger partial charge in [-0.05, 0) is 77.3 Å². The zero-order chi connectivity index (χ0) is 17.1. The third kappa shape index (κ3) is 3.38. The first-order valence-corrected chi connectivity index (χ1v) is 8.61. The van der Waals surface area contributed by atoms with Crippen LogP contribution in [0.1, 0.15) is 55.7 Å². The van der Waals surface area contributed by atoms with Gasteiger partial charge in [-0.3, -0.25) is 0 Å². The molecule has 0 saturated heterocycles. The van der Waals surface area contributed by atoms with Crippen LogP contribution in [0.3, 0.4) is 0 Å². The van der Waals surface area contributed by atoms with Crippen LogP contribution < -0.4 is 0 Å². The number of phenols is 2. The molecule has 2 nitrogen and oxygen atoms in total. The molecule has 2 aromatic rings. The van der Waals surface area contributed by atoms with Crippen molar-refractivity contribution >= 4 is 11.1 Å². The molecule has 1 aliphatic carbocycles. The average Bonchev–Trinajstić information content (AvgIpc) is 2.62. The molecular weight excluding hydrogens is 296 g/mol. The van der Waals surface area contributed by atoms with Crippen LogP contribution in [0.15, 0.2) is 54.6 Å². The van der Waals surface area contributed by atoms with Crippen molar-refractivity contribution in [1.82, 2.24) is 0 Å². The van der Waals surface area contributed by atoms with E-state index in [9.17, 15) is 10.2 Å². The molecule has 0 bridgehead atoms. The molecule has 3 rings (SSSR count). The van der Waals surface area contributed by atoms with Gasteiger partial charge in [-0.25, -0.2) is 0 Å². The lowest BCUT2D eigenvalue weighted by molar-refractivity contribution is 0.462. The van der Waals surface area contributed by atoms with Gasteiger partial charge in [-0.1, -0.05) is 44.2 Å². The minimum atomic E-state index is 0.299. The zero-order valence-corrected chi connectivity index (χ0v) is 14.3. The highest BCUT2D eigenvalue weighted by Crippen LogP contribution is 2.35. The number of aromatic hydroxyl groups is 2. The summed E-state index contributed by atoms with van der Waals surface area (Å²) in [5.41, 5.74) is 5.99. The first kappa shape index (κ1) is 16.4. The van der Waals surface area contributed by atoms with Gasteiger partial charge in [0.05, 0.1) is 0 Å². The summed E-state index contributed by atoms with van der Waals surface area (Å²) in [4.78, 5) is 0. The quantitative estimate of drug-likeness (QED) is 0.739. The van der Waals surface area contributed by atoms with E-state index < -0.39 is 0 Å². The Hall–Kier alpha value is -2.48. The second-order valence-corrected chi connectivity index (χ2v) is 6.51. The first-order chi connectivity index (χ1) is 11.6. The Kier molecular flexibility index (Phi) is 4.75. The van der Waals surface area contributed by atoms with E-state index in [1.54, 1.807) is 12.1 Å². The normalized spacial score (nSPS) is 15.6. The van der Waals surface area contributed by atoms with Gasteiger partial charge in [0.15, 0.2) is 0 Å². The van der Waals surface area contributed by atoms with Gasteiger partial charge < -0.3 is 10.2 Å². The van der Waals surface area contributed by atoms with Gasteiger partial charge in [0.25, 0.3) is 0 Å². The highest BCUT2D eigenvalue weighted by molar-refractivity contribution is 5.78. The van der Waals surface area contributed by atoms with Crippen LogP contribution in [0, 0.1) is 0 Å². The molecule has 2 heteroatoms. The number of rotatable bonds is 4. The summed E-state index contributed by atoms with van der Waals surface area (Å²) in [6.07, 6.45) is 7.33. The van der Waals surface area contributed by atoms with Crippen molar-refractivity contribution in [3.8, 4) is 11.5 Å². The van der Waals surface area contributed by atoms with Gasteiger partial charge >= 0.3 is 0 Å². The van der Waals surface area contributed by atoms with Crippen LogP contribution in [0.4, 0.5) is 0 Å². The van der Waals surface area contributed by atoms with E-state index in [1.165, 1.54) is 16.7 Å². The minimum absolute atomic E-state index is 0.299. The molecule has 0 radical (unpaired) electrons. The molecule has 1 atom stereocenters. The van der Waals surface area contributed by atoms with Crippen molar-refractivity contribution in [2.45, 2.75) is 39.0 Å². The fraction of sp³-hybridized carbons (Fsp3) is 0.273. The molecule has 2 aromatic carbocycles. The van der Waals surface area contributed by atoms with E-state index in [4.69, 9.17) is 0 Å². The molecule has 0 aliphatic heterocycles. The van der Waals surface area contributed by atoms with E-state index in [0.29, 0.717) is 17.4 Å². The maximum absolute atomic E-state index is 10.1. The van der Waals surface area contributed by atoms with Gasteiger partial charge in [-0.15, -0.1) is 0 Å². The highest BCUT2D eigenvalue weighted by atomic mass is 16.3. The molecule has 124 valence electrons. The van der Waals surface area contributed by atoms with Gasteiger partial charge in [0.2, 0.25) is 0 Å². The Balaban J connectivity index is 1.88. The van der Waals surface area contributed by atoms with Crippen molar-refractivity contribution in [3.05, 3.63) is 71.3 Å². The second-order valence-electron chi connectivity index (χ2n) is 6.51. The summed E-state index contributed by atoms with van der Waals surface area (Å²) in [6, 6.07) is 13.3. The lowest BCUT2D eigenvalue weighted by Crippen LogP contribution is -1.97. The molecule has 0 fully saturated rings. The summed E-state index contributed by atoms with van der Waals surface area (Å²) >= 11 is 0. The predicted molar refractivity (Wildman–Crippen MR) is 100 cm³/mol. The third-order valence-electron chi connectivity index (χ3n) is 4.93. The van der Waals surface area contributed by atoms with Crippen molar-refractivity contribution < 1.29 is 10.2 Å². The van der Waals surface area contributed by atoms with E-state index in [2.05, 4.69) is 32.1 Å². The second kappa shape index (κ2) is 6.96. The number of phenolic OH excluding ortho intramolecular Hbond substituents is 2. The first-order valence-electron chi connectivity index (χ1n) is 8.61. The van der Waals surface area contributed by atoms with Crippen molar-refractivity contribution in [1.29, 1.82) is 0 Å². The van der Waals surface area contributed by atoms with Crippen molar-refractivity contribution in [2.24, 2.45) is 0 Å². The standard InChI is InChI=1S/C22H24O2/c1-3-15(2)21-14-19(10-13-22(21)24)18-6-4-16(5-7-18)17-8-11-20(23)12-9-17/h4,6,8-15,23-24H,3,5,7H2,1-2H3. The van der Waals surface area contributed by atoms with Crippen LogP contribution in [0.25, 0.3) is 11.1 Å². The number of allylic oxidation sites excluding steroid dienone is 4. The third-order valence-corrected chi connectivity index (χ3v) is 4.93. The Morgan fingerprint density at radius 2 is 1.46 bits per heavy atom. The molecule has 0 aromatic heterocycles. The molecule has 0 heterocycles. The molecule has 0 saturated carbocycles. The summed E-state index contributed by atoms with van der Waals surface area (Å²) in [6.45, 7) is 4.29. The SMILES string of the molecule is CCC(C)c1cc(C2=CC=C(c3ccc(O)cc3)CC2)ccc1O. The van der Waals surface area contributed by atoms with E-state index in [-0.39, 0.29) is 0 Å². The smallest absolute Gasteiger partial charge is 0.119 e. The van der Waals surface area contributed by atoms with E-state index in [0.717, 1.165) is 30.4 Å². The Bertz CT molecular complexity index is 782. The van der Waals surface area contributed by atoms with Crippen molar-refractivity contribution in [3.63, 3.8) is 0 Å². The maximum Gasteiger partial charge on any atom is 0.119 e. The van der Waals surface area contributed by atoms with E-state index in [1.807, 2.05) is 24.3 Å². The minimum Gasteiger partial charge on any atom is -0.508 e. The molecule has 0 spiro atoms. The molecular formula is C22H24O2. The topological polar surface area (TPSA) is 40.5 Å². The fourth-order valence-corrected chi connectivity index (χ4v) is 3.16.